The zero-order valence-corrected chi connectivity index (χ0v) is 18.0. The highest BCUT2D eigenvalue weighted by atomic mass is 15.5. The van der Waals surface area contributed by atoms with Gasteiger partial charge in [0.2, 0.25) is 0 Å². The summed E-state index contributed by atoms with van der Waals surface area (Å²) in [5.74, 6) is 2.62. The minimum Gasteiger partial charge on any atom is -0.244 e. The maximum atomic E-state index is 4.50. The highest BCUT2D eigenvalue weighted by Gasteiger charge is 2.50. The average molecular weight is 348 g/mol. The van der Waals surface area contributed by atoms with Gasteiger partial charge in [0.1, 0.15) is 0 Å². The number of unbranched alkanes of at least 4 members (excludes halogenated alkanes) is 1. The van der Waals surface area contributed by atoms with Crippen molar-refractivity contribution in [2.45, 2.75) is 106 Å². The van der Waals surface area contributed by atoms with E-state index in [0.29, 0.717) is 5.41 Å². The molecule has 2 rings (SSSR count). The molecule has 1 aromatic rings. The highest BCUT2D eigenvalue weighted by molar-refractivity contribution is 5.16. The van der Waals surface area contributed by atoms with Crippen molar-refractivity contribution in [2.24, 2.45) is 23.2 Å². The highest BCUT2D eigenvalue weighted by Crippen LogP contribution is 2.56. The Labute approximate surface area is 156 Å². The van der Waals surface area contributed by atoms with Gasteiger partial charge >= 0.3 is 0 Å². The third kappa shape index (κ3) is 4.86. The first-order valence-electron chi connectivity index (χ1n) is 10.6. The van der Waals surface area contributed by atoms with Crippen LogP contribution in [0.4, 0.5) is 0 Å². The third-order valence-electron chi connectivity index (χ3n) is 6.22. The van der Waals surface area contributed by atoms with Crippen molar-refractivity contribution >= 4 is 0 Å². The summed E-state index contributed by atoms with van der Waals surface area (Å²) in [6, 6.07) is 0. The monoisotopic (exact) mass is 347 g/mol. The van der Waals surface area contributed by atoms with Gasteiger partial charge in [-0.05, 0) is 69.6 Å². The van der Waals surface area contributed by atoms with E-state index in [0.717, 1.165) is 24.2 Å². The van der Waals surface area contributed by atoms with E-state index in [-0.39, 0.29) is 5.54 Å². The molecule has 1 fully saturated rings. The molecule has 0 N–H and O–H groups in total. The number of aryl methyl sites for hydroxylation is 1. The normalized spacial score (nSPS) is 23.9. The van der Waals surface area contributed by atoms with E-state index in [4.69, 9.17) is 0 Å². The maximum Gasteiger partial charge on any atom is 0.0856 e. The van der Waals surface area contributed by atoms with Crippen molar-refractivity contribution in [1.82, 2.24) is 15.0 Å². The first kappa shape index (κ1) is 20.5. The summed E-state index contributed by atoms with van der Waals surface area (Å²) in [5, 5.41) is 8.98. The molecule has 1 saturated carbocycles. The lowest BCUT2D eigenvalue weighted by molar-refractivity contribution is 0.269. The maximum absolute atomic E-state index is 4.50. The largest absolute Gasteiger partial charge is 0.244 e. The molecular weight excluding hydrogens is 306 g/mol. The SMILES string of the molecule is CCCCC(C)(C)C[C@@H]1[C@H](CC)[C@@H]1Cc1c(CC)nnn1C(C)(C)C. The van der Waals surface area contributed by atoms with Gasteiger partial charge in [-0.1, -0.05) is 59.1 Å². The standard InChI is InChI=1S/C22H41N3/c1-9-12-13-22(7,8)15-18-16(10-2)17(18)14-20-19(11-3)23-24-25(20)21(4,5)6/h16-18H,9-15H2,1-8H3/t16-,17+,18-/m1/s1. The Kier molecular flexibility index (Phi) is 6.38. The number of nitrogens with zero attached hydrogens (tertiary/aromatic N) is 3. The second-order valence-corrected chi connectivity index (χ2v) is 9.99. The van der Waals surface area contributed by atoms with Crippen LogP contribution in [-0.4, -0.2) is 15.0 Å². The minimum absolute atomic E-state index is 0.0161. The summed E-state index contributed by atoms with van der Waals surface area (Å²) in [5.41, 5.74) is 3.11. The third-order valence-corrected chi connectivity index (χ3v) is 6.22. The number of hydrogen-bond acceptors (Lipinski definition) is 2. The summed E-state index contributed by atoms with van der Waals surface area (Å²) in [4.78, 5) is 0. The van der Waals surface area contributed by atoms with Crippen molar-refractivity contribution in [3.05, 3.63) is 11.4 Å². The molecule has 0 unspecified atom stereocenters. The van der Waals surface area contributed by atoms with Crippen LogP contribution in [0.3, 0.4) is 0 Å². The van der Waals surface area contributed by atoms with Crippen molar-refractivity contribution in [3.63, 3.8) is 0 Å². The summed E-state index contributed by atoms with van der Waals surface area (Å²) in [6.45, 7) is 18.5. The predicted molar refractivity (Wildman–Crippen MR) is 107 cm³/mol. The van der Waals surface area contributed by atoms with Crippen LogP contribution in [0.25, 0.3) is 0 Å². The lowest BCUT2D eigenvalue weighted by Crippen LogP contribution is -2.26. The smallest absolute Gasteiger partial charge is 0.0856 e. The van der Waals surface area contributed by atoms with Crippen molar-refractivity contribution in [3.8, 4) is 0 Å². The number of rotatable bonds is 9. The molecule has 0 aromatic carbocycles. The van der Waals surface area contributed by atoms with E-state index in [1.807, 2.05) is 0 Å². The van der Waals surface area contributed by atoms with E-state index in [1.54, 1.807) is 0 Å². The van der Waals surface area contributed by atoms with E-state index >= 15 is 0 Å². The Morgan fingerprint density at radius 1 is 0.960 bits per heavy atom. The fraction of sp³-hybridized carbons (Fsp3) is 0.909. The van der Waals surface area contributed by atoms with Crippen LogP contribution < -0.4 is 0 Å². The summed E-state index contributed by atoms with van der Waals surface area (Å²) < 4.78 is 2.19. The van der Waals surface area contributed by atoms with E-state index in [2.05, 4.69) is 70.4 Å². The fourth-order valence-corrected chi connectivity index (χ4v) is 4.70. The van der Waals surface area contributed by atoms with E-state index in [1.165, 1.54) is 49.9 Å². The second-order valence-electron chi connectivity index (χ2n) is 9.99. The van der Waals surface area contributed by atoms with Crippen molar-refractivity contribution in [2.75, 3.05) is 0 Å². The molecule has 0 saturated heterocycles. The van der Waals surface area contributed by atoms with Gasteiger partial charge in [0.05, 0.1) is 16.9 Å². The van der Waals surface area contributed by atoms with Crippen LogP contribution in [0.1, 0.15) is 98.9 Å². The fourth-order valence-electron chi connectivity index (χ4n) is 4.70. The first-order chi connectivity index (χ1) is 11.6. The molecular formula is C22H41N3. The van der Waals surface area contributed by atoms with Crippen LogP contribution in [-0.2, 0) is 18.4 Å². The molecule has 0 bridgehead atoms. The summed E-state index contributed by atoms with van der Waals surface area (Å²) >= 11 is 0. The summed E-state index contributed by atoms with van der Waals surface area (Å²) in [7, 11) is 0. The Balaban J connectivity index is 2.11. The van der Waals surface area contributed by atoms with Gasteiger partial charge in [0.25, 0.3) is 0 Å². The minimum atomic E-state index is 0.0161. The molecule has 3 atom stereocenters. The van der Waals surface area contributed by atoms with Crippen LogP contribution in [0, 0.1) is 23.2 Å². The second kappa shape index (κ2) is 7.80. The van der Waals surface area contributed by atoms with E-state index < -0.39 is 0 Å². The van der Waals surface area contributed by atoms with Gasteiger partial charge in [0.15, 0.2) is 0 Å². The molecule has 0 radical (unpaired) electrons. The number of aromatic nitrogens is 3. The lowest BCUT2D eigenvalue weighted by Gasteiger charge is -2.25. The van der Waals surface area contributed by atoms with Gasteiger partial charge in [-0.15, -0.1) is 5.10 Å². The lowest BCUT2D eigenvalue weighted by atomic mass is 9.81. The molecule has 0 aliphatic heterocycles. The predicted octanol–water partition coefficient (Wildman–Crippen LogP) is 6.02. The number of hydrogen-bond donors (Lipinski definition) is 0. The van der Waals surface area contributed by atoms with Crippen LogP contribution in [0.15, 0.2) is 0 Å². The van der Waals surface area contributed by atoms with Gasteiger partial charge in [-0.3, -0.25) is 0 Å². The molecule has 1 aliphatic carbocycles. The molecule has 1 aliphatic rings. The Bertz CT molecular complexity index is 550. The molecule has 144 valence electrons. The van der Waals surface area contributed by atoms with Gasteiger partial charge in [0, 0.05) is 0 Å². The summed E-state index contributed by atoms with van der Waals surface area (Å²) in [6.07, 6.45) is 8.90. The van der Waals surface area contributed by atoms with Gasteiger partial charge < -0.3 is 0 Å². The first-order valence-corrected chi connectivity index (χ1v) is 10.6. The van der Waals surface area contributed by atoms with Crippen LogP contribution in [0.2, 0.25) is 0 Å². The quantitative estimate of drug-likeness (QED) is 0.547. The van der Waals surface area contributed by atoms with Crippen molar-refractivity contribution < 1.29 is 0 Å². The zero-order chi connectivity index (χ0) is 18.8. The Morgan fingerprint density at radius 3 is 2.16 bits per heavy atom. The molecule has 3 heteroatoms. The van der Waals surface area contributed by atoms with Gasteiger partial charge in [-0.2, -0.15) is 0 Å². The molecule has 25 heavy (non-hydrogen) atoms. The van der Waals surface area contributed by atoms with Crippen LogP contribution in [0.5, 0.6) is 0 Å². The Morgan fingerprint density at radius 2 is 1.64 bits per heavy atom. The molecule has 0 spiro atoms. The molecule has 1 heterocycles. The molecule has 0 amide bonds. The van der Waals surface area contributed by atoms with Crippen LogP contribution >= 0.6 is 0 Å². The Hall–Kier alpha value is -0.860. The molecule has 1 aromatic heterocycles. The molecule has 3 nitrogen and oxygen atoms in total. The van der Waals surface area contributed by atoms with Crippen molar-refractivity contribution in [1.29, 1.82) is 0 Å². The average Bonchev–Trinajstić information content (AvgIpc) is 2.97. The van der Waals surface area contributed by atoms with E-state index in [9.17, 15) is 0 Å². The zero-order valence-electron chi connectivity index (χ0n) is 18.0. The van der Waals surface area contributed by atoms with Gasteiger partial charge in [-0.25, -0.2) is 4.68 Å². The topological polar surface area (TPSA) is 30.7 Å².